The molecular formula is C26H30ClN5O3. The summed E-state index contributed by atoms with van der Waals surface area (Å²) in [4.78, 5) is 22.5. The molecule has 2 fully saturated rings. The van der Waals surface area contributed by atoms with E-state index in [9.17, 15) is 4.79 Å². The van der Waals surface area contributed by atoms with Gasteiger partial charge in [-0.2, -0.15) is 5.10 Å². The van der Waals surface area contributed by atoms with E-state index in [1.165, 1.54) is 0 Å². The van der Waals surface area contributed by atoms with Gasteiger partial charge in [-0.15, -0.1) is 0 Å². The number of anilines is 1. The molecule has 2 aromatic heterocycles. The summed E-state index contributed by atoms with van der Waals surface area (Å²) in [6.45, 7) is 1.82. The molecule has 1 aromatic carbocycles. The molecule has 1 saturated carbocycles. The van der Waals surface area contributed by atoms with Crippen molar-refractivity contribution in [2.24, 2.45) is 5.92 Å². The van der Waals surface area contributed by atoms with Gasteiger partial charge in [-0.3, -0.25) is 9.89 Å². The number of rotatable bonds is 7. The number of ether oxygens (including phenoxy) is 1. The van der Waals surface area contributed by atoms with Gasteiger partial charge in [-0.05, 0) is 80.8 Å². The van der Waals surface area contributed by atoms with Gasteiger partial charge in [0.2, 0.25) is 0 Å². The van der Waals surface area contributed by atoms with Crippen molar-refractivity contribution in [3.63, 3.8) is 0 Å². The van der Waals surface area contributed by atoms with E-state index in [2.05, 4.69) is 25.1 Å². The number of pyridine rings is 1. The number of nitrogens with zero attached hydrogens (tertiary/aromatic N) is 4. The minimum absolute atomic E-state index is 0.270. The number of nitrogens with one attached hydrogen (secondary N) is 1. The Balaban J connectivity index is 1.11. The molecule has 0 bridgehead atoms. The second-order valence-corrected chi connectivity index (χ2v) is 9.92. The van der Waals surface area contributed by atoms with Gasteiger partial charge in [-0.25, -0.2) is 9.97 Å². The van der Waals surface area contributed by atoms with Crippen molar-refractivity contribution in [2.75, 3.05) is 18.0 Å². The molecule has 1 saturated heterocycles. The van der Waals surface area contributed by atoms with Crippen LogP contribution in [-0.2, 0) is 9.53 Å². The Morgan fingerprint density at radius 1 is 1.00 bits per heavy atom. The van der Waals surface area contributed by atoms with Gasteiger partial charge in [0.25, 0.3) is 0 Å². The average Bonchev–Trinajstić information content (AvgIpc) is 3.36. The van der Waals surface area contributed by atoms with Crippen LogP contribution in [-0.4, -0.2) is 56.5 Å². The third-order valence-electron chi connectivity index (χ3n) is 7.02. The first-order valence-electron chi connectivity index (χ1n) is 12.3. The Hall–Kier alpha value is -2.97. The fourth-order valence-electron chi connectivity index (χ4n) is 5.04. The zero-order valence-electron chi connectivity index (χ0n) is 19.6. The molecule has 0 atom stereocenters. The molecule has 5 rings (SSSR count). The summed E-state index contributed by atoms with van der Waals surface area (Å²) in [6, 6.07) is 11.5. The number of carboxylic acid groups (broad SMARTS) is 1. The summed E-state index contributed by atoms with van der Waals surface area (Å²) in [6.07, 6.45) is 8.48. The van der Waals surface area contributed by atoms with E-state index >= 15 is 0 Å². The standard InChI is InChI=1S/C26H30ClN5O3/c27-20-6-3-18(4-7-20)25-29-26(31-30-25)19-5-10-23(28-16-19)32-13-11-22(12-14-32)35-21-8-1-17(2-9-21)15-24(33)34/h3-7,10,16-17,21-22H,1-2,8-9,11-15H2,(H,33,34)(H,29,30,31)/t17-,21+. The van der Waals surface area contributed by atoms with E-state index in [1.807, 2.05) is 42.6 Å². The van der Waals surface area contributed by atoms with E-state index in [1.54, 1.807) is 0 Å². The largest absolute Gasteiger partial charge is 0.481 e. The first-order chi connectivity index (χ1) is 17.0. The highest BCUT2D eigenvalue weighted by atomic mass is 35.5. The van der Waals surface area contributed by atoms with Crippen molar-refractivity contribution >= 4 is 23.4 Å². The van der Waals surface area contributed by atoms with Crippen molar-refractivity contribution in [3.8, 4) is 22.8 Å². The van der Waals surface area contributed by atoms with E-state index in [-0.39, 0.29) is 18.6 Å². The van der Waals surface area contributed by atoms with Crippen molar-refractivity contribution in [2.45, 2.75) is 57.2 Å². The first-order valence-corrected chi connectivity index (χ1v) is 12.7. The van der Waals surface area contributed by atoms with E-state index in [0.29, 0.717) is 22.6 Å². The predicted molar refractivity (Wildman–Crippen MR) is 134 cm³/mol. The molecule has 2 aliphatic rings. The van der Waals surface area contributed by atoms with Gasteiger partial charge in [0, 0.05) is 41.9 Å². The molecule has 1 aliphatic carbocycles. The molecule has 9 heteroatoms. The van der Waals surface area contributed by atoms with Crippen LogP contribution in [0.5, 0.6) is 0 Å². The predicted octanol–water partition coefficient (Wildman–Crippen LogP) is 5.21. The number of carboxylic acids is 1. The molecule has 0 spiro atoms. The summed E-state index contributed by atoms with van der Waals surface area (Å²) in [5.41, 5.74) is 1.79. The SMILES string of the molecule is O=C(O)C[C@H]1CC[C@@H](OC2CCN(c3ccc(-c4nc(-c5ccc(Cl)cc5)n[nH]4)cn3)CC2)CC1. The Morgan fingerprint density at radius 3 is 2.34 bits per heavy atom. The molecule has 3 aromatic rings. The smallest absolute Gasteiger partial charge is 0.303 e. The van der Waals surface area contributed by atoms with Gasteiger partial charge in [-0.1, -0.05) is 11.6 Å². The lowest BCUT2D eigenvalue weighted by molar-refractivity contribution is -0.138. The Labute approximate surface area is 209 Å². The minimum atomic E-state index is -0.688. The fraction of sp³-hybridized carbons (Fsp3) is 0.462. The highest BCUT2D eigenvalue weighted by Crippen LogP contribution is 2.31. The van der Waals surface area contributed by atoms with Crippen LogP contribution in [0.25, 0.3) is 22.8 Å². The molecule has 0 radical (unpaired) electrons. The quantitative estimate of drug-likeness (QED) is 0.463. The number of aromatic nitrogens is 4. The van der Waals surface area contributed by atoms with Gasteiger partial charge >= 0.3 is 5.97 Å². The zero-order valence-corrected chi connectivity index (χ0v) is 20.3. The normalized spacial score (nSPS) is 21.2. The van der Waals surface area contributed by atoms with Crippen molar-refractivity contribution in [3.05, 3.63) is 47.6 Å². The number of carbonyl (C=O) groups is 1. The van der Waals surface area contributed by atoms with Crippen LogP contribution < -0.4 is 4.90 Å². The molecule has 0 amide bonds. The maximum absolute atomic E-state index is 10.9. The number of aliphatic carboxylic acids is 1. The highest BCUT2D eigenvalue weighted by Gasteiger charge is 2.28. The molecule has 0 unspecified atom stereocenters. The summed E-state index contributed by atoms with van der Waals surface area (Å²) in [5, 5.41) is 17.0. The molecule has 35 heavy (non-hydrogen) atoms. The highest BCUT2D eigenvalue weighted by molar-refractivity contribution is 6.30. The monoisotopic (exact) mass is 495 g/mol. The van der Waals surface area contributed by atoms with E-state index in [4.69, 9.17) is 21.4 Å². The number of aromatic amines is 1. The fourth-order valence-corrected chi connectivity index (χ4v) is 5.17. The lowest BCUT2D eigenvalue weighted by Gasteiger charge is -2.36. The van der Waals surface area contributed by atoms with Crippen molar-refractivity contribution in [1.29, 1.82) is 0 Å². The lowest BCUT2D eigenvalue weighted by atomic mass is 9.85. The molecule has 1 aliphatic heterocycles. The topological polar surface area (TPSA) is 104 Å². The first kappa shape index (κ1) is 23.8. The van der Waals surface area contributed by atoms with Crippen LogP contribution in [0.3, 0.4) is 0 Å². The van der Waals surface area contributed by atoms with E-state index < -0.39 is 5.97 Å². The number of halogens is 1. The molecular weight excluding hydrogens is 466 g/mol. The Bertz CT molecular complexity index is 1120. The van der Waals surface area contributed by atoms with Crippen LogP contribution in [0.1, 0.15) is 44.9 Å². The van der Waals surface area contributed by atoms with Crippen LogP contribution in [0.4, 0.5) is 5.82 Å². The minimum Gasteiger partial charge on any atom is -0.481 e. The molecule has 184 valence electrons. The lowest BCUT2D eigenvalue weighted by Crippen LogP contribution is -2.39. The molecule has 8 nitrogen and oxygen atoms in total. The van der Waals surface area contributed by atoms with Crippen LogP contribution in [0.2, 0.25) is 5.02 Å². The summed E-state index contributed by atoms with van der Waals surface area (Å²) in [5.74, 6) is 1.88. The number of hydrogen-bond donors (Lipinski definition) is 2. The molecule has 3 heterocycles. The maximum atomic E-state index is 10.9. The van der Waals surface area contributed by atoms with E-state index in [0.717, 1.165) is 68.6 Å². The Kier molecular flexibility index (Phi) is 7.29. The van der Waals surface area contributed by atoms with Crippen LogP contribution >= 0.6 is 11.6 Å². The van der Waals surface area contributed by atoms with Gasteiger partial charge in [0.15, 0.2) is 11.6 Å². The van der Waals surface area contributed by atoms with Gasteiger partial charge < -0.3 is 14.7 Å². The summed E-state index contributed by atoms with van der Waals surface area (Å²) < 4.78 is 6.37. The second kappa shape index (κ2) is 10.7. The Morgan fingerprint density at radius 2 is 1.69 bits per heavy atom. The maximum Gasteiger partial charge on any atom is 0.303 e. The third kappa shape index (κ3) is 6.00. The van der Waals surface area contributed by atoms with Crippen molar-refractivity contribution in [1.82, 2.24) is 20.2 Å². The third-order valence-corrected chi connectivity index (χ3v) is 7.27. The zero-order chi connectivity index (χ0) is 24.2. The number of piperidine rings is 1. The van der Waals surface area contributed by atoms with Crippen LogP contribution in [0.15, 0.2) is 42.6 Å². The van der Waals surface area contributed by atoms with Crippen LogP contribution in [0, 0.1) is 5.92 Å². The number of H-pyrrole nitrogens is 1. The second-order valence-electron chi connectivity index (χ2n) is 9.48. The van der Waals surface area contributed by atoms with Crippen molar-refractivity contribution < 1.29 is 14.6 Å². The van der Waals surface area contributed by atoms with Gasteiger partial charge in [0.1, 0.15) is 5.82 Å². The summed E-state index contributed by atoms with van der Waals surface area (Å²) >= 11 is 5.97. The van der Waals surface area contributed by atoms with Gasteiger partial charge in [0.05, 0.1) is 12.2 Å². The summed E-state index contributed by atoms with van der Waals surface area (Å²) in [7, 11) is 0. The number of hydrogen-bond acceptors (Lipinski definition) is 6. The molecule has 2 N–H and O–H groups in total. The average molecular weight is 496 g/mol. The number of benzene rings is 1.